The summed E-state index contributed by atoms with van der Waals surface area (Å²) < 4.78 is 0. The second kappa shape index (κ2) is 3.33. The van der Waals surface area contributed by atoms with Crippen LogP contribution < -0.4 is 5.73 Å². The van der Waals surface area contributed by atoms with Crippen molar-refractivity contribution in [2.75, 3.05) is 0 Å². The topological polar surface area (TPSA) is 46.2 Å². The Hall–Kier alpha value is -0.730. The first kappa shape index (κ1) is 9.36. The Balaban J connectivity index is 0.000000720. The third kappa shape index (κ3) is 1.40. The first-order valence-electron chi connectivity index (χ1n) is 3.85. The molecule has 3 N–H and O–H groups in total. The molecule has 0 amide bonds. The lowest BCUT2D eigenvalue weighted by molar-refractivity contribution is 0.474. The molecular weight excluding hydrogens is 174 g/mol. The maximum Gasteiger partial charge on any atom is 0.115 e. The van der Waals surface area contributed by atoms with Crippen molar-refractivity contribution in [2.24, 2.45) is 5.73 Å². The third-order valence-electron chi connectivity index (χ3n) is 2.25. The fourth-order valence-corrected chi connectivity index (χ4v) is 1.64. The lowest BCUT2D eigenvalue weighted by Crippen LogP contribution is -2.04. The van der Waals surface area contributed by atoms with Crippen LogP contribution in [-0.2, 0) is 6.42 Å². The summed E-state index contributed by atoms with van der Waals surface area (Å²) >= 11 is 0. The summed E-state index contributed by atoms with van der Waals surface area (Å²) in [7, 11) is 0. The zero-order valence-electron chi connectivity index (χ0n) is 6.66. The fourth-order valence-electron chi connectivity index (χ4n) is 1.64. The van der Waals surface area contributed by atoms with Crippen LogP contribution in [0.3, 0.4) is 0 Å². The van der Waals surface area contributed by atoms with Crippen molar-refractivity contribution < 1.29 is 5.11 Å². The SMILES string of the molecule is Cl.NC1CCc2cc(O)ccc21. The Morgan fingerprint density at radius 3 is 2.92 bits per heavy atom. The van der Waals surface area contributed by atoms with E-state index in [0.29, 0.717) is 5.75 Å². The number of hydrogen-bond acceptors (Lipinski definition) is 2. The number of hydrogen-bond donors (Lipinski definition) is 2. The standard InChI is InChI=1S/C9H11NO.ClH/c10-9-4-1-6-5-7(11)2-3-8(6)9;/h2-3,5,9,11H,1,4,10H2;1H. The molecule has 0 aliphatic heterocycles. The minimum Gasteiger partial charge on any atom is -0.508 e. The number of rotatable bonds is 0. The van der Waals surface area contributed by atoms with E-state index >= 15 is 0 Å². The average Bonchev–Trinajstić information content (AvgIpc) is 2.32. The number of nitrogens with two attached hydrogens (primary N) is 1. The van der Waals surface area contributed by atoms with Gasteiger partial charge in [-0.2, -0.15) is 0 Å². The molecule has 0 saturated heterocycles. The van der Waals surface area contributed by atoms with Crippen molar-refractivity contribution in [3.05, 3.63) is 29.3 Å². The fraction of sp³-hybridized carbons (Fsp3) is 0.333. The largest absolute Gasteiger partial charge is 0.508 e. The highest BCUT2D eigenvalue weighted by Gasteiger charge is 2.18. The van der Waals surface area contributed by atoms with Crippen LogP contribution >= 0.6 is 12.4 Å². The molecule has 0 radical (unpaired) electrons. The van der Waals surface area contributed by atoms with Gasteiger partial charge in [0.1, 0.15) is 5.75 Å². The van der Waals surface area contributed by atoms with Crippen molar-refractivity contribution in [2.45, 2.75) is 18.9 Å². The summed E-state index contributed by atoms with van der Waals surface area (Å²) in [5.41, 5.74) is 8.22. The maximum atomic E-state index is 9.14. The number of aromatic hydroxyl groups is 1. The summed E-state index contributed by atoms with van der Waals surface area (Å²) in [6, 6.07) is 5.61. The highest BCUT2D eigenvalue weighted by atomic mass is 35.5. The lowest BCUT2D eigenvalue weighted by atomic mass is 10.1. The molecule has 0 aromatic heterocycles. The van der Waals surface area contributed by atoms with E-state index < -0.39 is 0 Å². The molecule has 1 aromatic carbocycles. The quantitative estimate of drug-likeness (QED) is 0.647. The van der Waals surface area contributed by atoms with E-state index in [0.717, 1.165) is 12.8 Å². The van der Waals surface area contributed by atoms with Crippen molar-refractivity contribution in [1.82, 2.24) is 0 Å². The van der Waals surface area contributed by atoms with Gasteiger partial charge in [-0.15, -0.1) is 12.4 Å². The van der Waals surface area contributed by atoms with Gasteiger partial charge in [-0.1, -0.05) is 6.07 Å². The molecule has 0 saturated carbocycles. The molecule has 1 aliphatic rings. The number of phenols is 1. The molecule has 0 heterocycles. The van der Waals surface area contributed by atoms with Crippen LogP contribution in [0, 0.1) is 0 Å². The van der Waals surface area contributed by atoms with Gasteiger partial charge in [-0.25, -0.2) is 0 Å². The normalized spacial score (nSPS) is 19.9. The van der Waals surface area contributed by atoms with Gasteiger partial charge in [-0.3, -0.25) is 0 Å². The van der Waals surface area contributed by atoms with E-state index in [-0.39, 0.29) is 18.4 Å². The van der Waals surface area contributed by atoms with Gasteiger partial charge >= 0.3 is 0 Å². The molecule has 66 valence electrons. The van der Waals surface area contributed by atoms with E-state index in [4.69, 9.17) is 10.8 Å². The van der Waals surface area contributed by atoms with Crippen LogP contribution in [0.25, 0.3) is 0 Å². The molecule has 0 bridgehead atoms. The van der Waals surface area contributed by atoms with Crippen molar-refractivity contribution >= 4 is 12.4 Å². The number of fused-ring (bicyclic) bond motifs is 1. The van der Waals surface area contributed by atoms with Crippen LogP contribution in [0.15, 0.2) is 18.2 Å². The van der Waals surface area contributed by atoms with Crippen molar-refractivity contribution in [3.8, 4) is 5.75 Å². The third-order valence-corrected chi connectivity index (χ3v) is 2.25. The molecule has 1 aromatic rings. The molecule has 1 atom stereocenters. The first-order chi connectivity index (χ1) is 5.27. The zero-order valence-corrected chi connectivity index (χ0v) is 7.47. The molecule has 3 heteroatoms. The number of phenolic OH excluding ortho intramolecular Hbond substituents is 1. The van der Waals surface area contributed by atoms with Crippen LogP contribution in [0.4, 0.5) is 0 Å². The Kier molecular flexibility index (Phi) is 2.60. The van der Waals surface area contributed by atoms with Gasteiger partial charge in [0.2, 0.25) is 0 Å². The van der Waals surface area contributed by atoms with E-state index in [1.54, 1.807) is 6.07 Å². The van der Waals surface area contributed by atoms with Gasteiger partial charge in [0.15, 0.2) is 0 Å². The highest BCUT2D eigenvalue weighted by molar-refractivity contribution is 5.85. The Morgan fingerprint density at radius 1 is 1.42 bits per heavy atom. The van der Waals surface area contributed by atoms with Crippen LogP contribution in [-0.4, -0.2) is 5.11 Å². The monoisotopic (exact) mass is 185 g/mol. The molecule has 0 fully saturated rings. The number of aryl methyl sites for hydroxylation is 1. The van der Waals surface area contributed by atoms with Gasteiger partial charge < -0.3 is 10.8 Å². The summed E-state index contributed by atoms with van der Waals surface area (Å²) in [6.45, 7) is 0. The Morgan fingerprint density at radius 2 is 2.17 bits per heavy atom. The molecule has 12 heavy (non-hydrogen) atoms. The Bertz CT molecular complexity index is 288. The molecule has 2 rings (SSSR count). The Labute approximate surface area is 77.8 Å². The summed E-state index contributed by atoms with van der Waals surface area (Å²) in [6.07, 6.45) is 2.02. The molecular formula is C9H12ClNO. The van der Waals surface area contributed by atoms with Crippen LogP contribution in [0.5, 0.6) is 5.75 Å². The zero-order chi connectivity index (χ0) is 7.84. The van der Waals surface area contributed by atoms with Gasteiger partial charge in [0.25, 0.3) is 0 Å². The predicted molar refractivity (Wildman–Crippen MR) is 50.6 cm³/mol. The molecule has 2 nitrogen and oxygen atoms in total. The molecule has 1 aliphatic carbocycles. The van der Waals surface area contributed by atoms with E-state index in [1.807, 2.05) is 12.1 Å². The summed E-state index contributed by atoms with van der Waals surface area (Å²) in [5, 5.41) is 9.14. The molecule has 0 spiro atoms. The second-order valence-electron chi connectivity index (χ2n) is 3.03. The lowest BCUT2D eigenvalue weighted by Gasteiger charge is -2.03. The van der Waals surface area contributed by atoms with Crippen LogP contribution in [0.1, 0.15) is 23.6 Å². The van der Waals surface area contributed by atoms with Gasteiger partial charge in [0, 0.05) is 6.04 Å². The minimum absolute atomic E-state index is 0. The summed E-state index contributed by atoms with van der Waals surface area (Å²) in [5.74, 6) is 0.345. The van der Waals surface area contributed by atoms with Crippen molar-refractivity contribution in [1.29, 1.82) is 0 Å². The van der Waals surface area contributed by atoms with E-state index in [2.05, 4.69) is 0 Å². The second-order valence-corrected chi connectivity index (χ2v) is 3.03. The molecule has 1 unspecified atom stereocenters. The minimum atomic E-state index is 0. The van der Waals surface area contributed by atoms with Crippen molar-refractivity contribution in [3.63, 3.8) is 0 Å². The predicted octanol–water partition coefficient (Wildman–Crippen LogP) is 1.76. The van der Waals surface area contributed by atoms with E-state index in [9.17, 15) is 0 Å². The number of benzene rings is 1. The van der Waals surface area contributed by atoms with E-state index in [1.165, 1.54) is 11.1 Å². The highest BCUT2D eigenvalue weighted by Crippen LogP contribution is 2.31. The van der Waals surface area contributed by atoms with Crippen LogP contribution in [0.2, 0.25) is 0 Å². The van der Waals surface area contributed by atoms with Gasteiger partial charge in [-0.05, 0) is 36.1 Å². The maximum absolute atomic E-state index is 9.14. The van der Waals surface area contributed by atoms with Gasteiger partial charge in [0.05, 0.1) is 0 Å². The first-order valence-corrected chi connectivity index (χ1v) is 3.85. The smallest absolute Gasteiger partial charge is 0.115 e. The number of halogens is 1. The average molecular weight is 186 g/mol. The summed E-state index contributed by atoms with van der Waals surface area (Å²) in [4.78, 5) is 0.